The lowest BCUT2D eigenvalue weighted by Crippen LogP contribution is -2.35. The van der Waals surface area contributed by atoms with Crippen LogP contribution >= 0.6 is 12.4 Å². The quantitative estimate of drug-likeness (QED) is 0.754. The van der Waals surface area contributed by atoms with Crippen LogP contribution in [0.5, 0.6) is 0 Å². The Labute approximate surface area is 145 Å². The van der Waals surface area contributed by atoms with Crippen molar-refractivity contribution in [3.63, 3.8) is 0 Å². The molecule has 1 aliphatic heterocycles. The molecule has 1 fully saturated rings. The van der Waals surface area contributed by atoms with Crippen molar-refractivity contribution in [2.75, 3.05) is 39.3 Å². The van der Waals surface area contributed by atoms with Crippen molar-refractivity contribution in [3.05, 3.63) is 18.0 Å². The second-order valence-corrected chi connectivity index (χ2v) is 5.87. The second kappa shape index (κ2) is 10.6. The van der Waals surface area contributed by atoms with Crippen LogP contribution in [0.2, 0.25) is 0 Å². The van der Waals surface area contributed by atoms with Gasteiger partial charge in [-0.05, 0) is 45.0 Å². The molecule has 7 heteroatoms. The highest BCUT2D eigenvalue weighted by molar-refractivity contribution is 5.92. The molecular weight excluding hydrogens is 314 g/mol. The summed E-state index contributed by atoms with van der Waals surface area (Å²) in [7, 11) is 0. The average Bonchev–Trinajstić information content (AvgIpc) is 3.05. The van der Waals surface area contributed by atoms with Crippen LogP contribution in [0.25, 0.3) is 0 Å². The van der Waals surface area contributed by atoms with Gasteiger partial charge in [-0.1, -0.05) is 13.8 Å². The molecule has 1 unspecified atom stereocenters. The van der Waals surface area contributed by atoms with Gasteiger partial charge in [0.1, 0.15) is 5.69 Å². The number of carbonyl (C=O) groups excluding carboxylic acids is 1. The predicted molar refractivity (Wildman–Crippen MR) is 95.4 cm³/mol. The summed E-state index contributed by atoms with van der Waals surface area (Å²) in [6, 6.07) is 2.18. The molecule has 1 amide bonds. The number of nitrogens with zero attached hydrogens (tertiary/aromatic N) is 3. The molecular formula is C16H30ClN5O. The third-order valence-electron chi connectivity index (χ3n) is 4.19. The highest BCUT2D eigenvalue weighted by Gasteiger charge is 2.17. The van der Waals surface area contributed by atoms with Crippen molar-refractivity contribution in [3.8, 4) is 0 Å². The molecule has 0 aliphatic carbocycles. The molecule has 1 aliphatic rings. The van der Waals surface area contributed by atoms with Crippen molar-refractivity contribution in [2.45, 2.75) is 39.2 Å². The number of hydrogen-bond donors (Lipinski definition) is 2. The van der Waals surface area contributed by atoms with Crippen molar-refractivity contribution in [2.24, 2.45) is 0 Å². The van der Waals surface area contributed by atoms with Crippen LogP contribution in [-0.2, 0) is 0 Å². The molecule has 0 radical (unpaired) electrons. The lowest BCUT2D eigenvalue weighted by atomic mass is 10.1. The van der Waals surface area contributed by atoms with Crippen molar-refractivity contribution < 1.29 is 4.79 Å². The van der Waals surface area contributed by atoms with Gasteiger partial charge in [-0.3, -0.25) is 9.48 Å². The van der Waals surface area contributed by atoms with Gasteiger partial charge in [-0.2, -0.15) is 5.10 Å². The maximum atomic E-state index is 12.1. The van der Waals surface area contributed by atoms with E-state index in [0.29, 0.717) is 18.3 Å². The third-order valence-corrected chi connectivity index (χ3v) is 4.19. The van der Waals surface area contributed by atoms with Gasteiger partial charge in [0.25, 0.3) is 5.91 Å². The lowest BCUT2D eigenvalue weighted by Gasteiger charge is -2.22. The van der Waals surface area contributed by atoms with E-state index in [0.717, 1.165) is 52.0 Å². The fourth-order valence-corrected chi connectivity index (χ4v) is 2.88. The first-order valence-electron chi connectivity index (χ1n) is 8.51. The van der Waals surface area contributed by atoms with Crippen LogP contribution in [0.15, 0.2) is 12.3 Å². The molecule has 1 aromatic heterocycles. The smallest absolute Gasteiger partial charge is 0.271 e. The number of aromatic nitrogens is 2. The number of nitrogens with one attached hydrogen (secondary N) is 2. The molecule has 1 aromatic rings. The Bertz CT molecular complexity index is 459. The Morgan fingerprint density at radius 1 is 1.48 bits per heavy atom. The summed E-state index contributed by atoms with van der Waals surface area (Å²) >= 11 is 0. The van der Waals surface area contributed by atoms with Crippen LogP contribution in [0.1, 0.15) is 49.6 Å². The predicted octanol–water partition coefficient (Wildman–Crippen LogP) is 1.69. The standard InChI is InChI=1S/C16H29N5O.ClH/c1-3-10-20(4-2)12-9-18-16(22)15-7-11-21(19-15)14-6-5-8-17-13-14;/h7,11,14,17H,3-6,8-10,12-13H2,1-2H3,(H,18,22);1H. The minimum Gasteiger partial charge on any atom is -0.349 e. The van der Waals surface area contributed by atoms with Crippen LogP contribution in [-0.4, -0.2) is 59.9 Å². The minimum absolute atomic E-state index is 0. The maximum Gasteiger partial charge on any atom is 0.271 e. The first-order valence-corrected chi connectivity index (χ1v) is 8.51. The largest absolute Gasteiger partial charge is 0.349 e. The van der Waals surface area contributed by atoms with Gasteiger partial charge in [0, 0.05) is 25.8 Å². The fourth-order valence-electron chi connectivity index (χ4n) is 2.88. The first-order chi connectivity index (χ1) is 10.7. The SMILES string of the molecule is CCCN(CC)CCNC(=O)c1ccn(C2CCCNC2)n1.Cl. The number of rotatable bonds is 8. The van der Waals surface area contributed by atoms with E-state index < -0.39 is 0 Å². The van der Waals surface area contributed by atoms with Crippen molar-refractivity contribution in [1.82, 2.24) is 25.3 Å². The molecule has 2 heterocycles. The molecule has 0 saturated carbocycles. The molecule has 6 nitrogen and oxygen atoms in total. The van der Waals surface area contributed by atoms with Gasteiger partial charge in [-0.25, -0.2) is 0 Å². The first kappa shape index (κ1) is 19.9. The Kier molecular flexibility index (Phi) is 9.21. The number of carbonyl (C=O) groups is 1. The molecule has 23 heavy (non-hydrogen) atoms. The summed E-state index contributed by atoms with van der Waals surface area (Å²) in [6.07, 6.45) is 5.35. The molecule has 2 N–H and O–H groups in total. The van der Waals surface area contributed by atoms with Gasteiger partial charge in [0.2, 0.25) is 0 Å². The molecule has 132 valence electrons. The summed E-state index contributed by atoms with van der Waals surface area (Å²) in [6.45, 7) is 10.0. The zero-order valence-electron chi connectivity index (χ0n) is 14.3. The van der Waals surface area contributed by atoms with Gasteiger partial charge in [0.15, 0.2) is 0 Å². The highest BCUT2D eigenvalue weighted by Crippen LogP contribution is 2.15. The Morgan fingerprint density at radius 3 is 2.96 bits per heavy atom. The van der Waals surface area contributed by atoms with Crippen molar-refractivity contribution in [1.29, 1.82) is 0 Å². The lowest BCUT2D eigenvalue weighted by molar-refractivity contribution is 0.0942. The average molecular weight is 344 g/mol. The van der Waals surface area contributed by atoms with E-state index in [1.807, 2.05) is 16.9 Å². The fraction of sp³-hybridized carbons (Fsp3) is 0.750. The Hall–Kier alpha value is -1.11. The normalized spacial score (nSPS) is 17.8. The van der Waals surface area contributed by atoms with E-state index in [1.54, 1.807) is 0 Å². The van der Waals surface area contributed by atoms with Crippen LogP contribution in [0.3, 0.4) is 0 Å². The monoisotopic (exact) mass is 343 g/mol. The number of piperidine rings is 1. The summed E-state index contributed by atoms with van der Waals surface area (Å²) in [5, 5.41) is 10.8. The second-order valence-electron chi connectivity index (χ2n) is 5.87. The zero-order valence-corrected chi connectivity index (χ0v) is 15.1. The molecule has 0 aromatic carbocycles. The van der Waals surface area contributed by atoms with E-state index in [9.17, 15) is 4.79 Å². The van der Waals surface area contributed by atoms with Crippen LogP contribution < -0.4 is 10.6 Å². The maximum absolute atomic E-state index is 12.1. The zero-order chi connectivity index (χ0) is 15.8. The summed E-state index contributed by atoms with van der Waals surface area (Å²) < 4.78 is 1.93. The van der Waals surface area contributed by atoms with E-state index in [1.165, 1.54) is 0 Å². The Morgan fingerprint density at radius 2 is 2.30 bits per heavy atom. The van der Waals surface area contributed by atoms with E-state index in [2.05, 4.69) is 34.5 Å². The molecule has 1 atom stereocenters. The van der Waals surface area contributed by atoms with Gasteiger partial charge in [0.05, 0.1) is 6.04 Å². The van der Waals surface area contributed by atoms with Crippen LogP contribution in [0, 0.1) is 0 Å². The minimum atomic E-state index is -0.0740. The van der Waals surface area contributed by atoms with Crippen LogP contribution in [0.4, 0.5) is 0 Å². The van der Waals surface area contributed by atoms with E-state index in [-0.39, 0.29) is 18.3 Å². The summed E-state index contributed by atoms with van der Waals surface area (Å²) in [5.41, 5.74) is 0.518. The molecule has 0 bridgehead atoms. The van der Waals surface area contributed by atoms with E-state index in [4.69, 9.17) is 0 Å². The van der Waals surface area contributed by atoms with Crippen molar-refractivity contribution >= 4 is 18.3 Å². The Balaban J connectivity index is 0.00000264. The molecule has 0 spiro atoms. The number of amides is 1. The third kappa shape index (κ3) is 6.12. The summed E-state index contributed by atoms with van der Waals surface area (Å²) in [4.78, 5) is 14.5. The number of hydrogen-bond acceptors (Lipinski definition) is 4. The highest BCUT2D eigenvalue weighted by atomic mass is 35.5. The number of halogens is 1. The topological polar surface area (TPSA) is 62.2 Å². The summed E-state index contributed by atoms with van der Waals surface area (Å²) in [5.74, 6) is -0.0740. The van der Waals surface area contributed by atoms with Gasteiger partial charge >= 0.3 is 0 Å². The van der Waals surface area contributed by atoms with E-state index >= 15 is 0 Å². The number of likely N-dealkylation sites (N-methyl/N-ethyl adjacent to an activating group) is 1. The molecule has 2 rings (SSSR count). The molecule has 1 saturated heterocycles. The van der Waals surface area contributed by atoms with Gasteiger partial charge in [-0.15, -0.1) is 12.4 Å². The van der Waals surface area contributed by atoms with Gasteiger partial charge < -0.3 is 15.5 Å².